The van der Waals surface area contributed by atoms with Gasteiger partial charge in [-0.25, -0.2) is 13.9 Å². The number of carbonyl (C=O) groups excluding carboxylic acids is 2. The molecule has 0 saturated carbocycles. The van der Waals surface area contributed by atoms with Gasteiger partial charge in [-0.3, -0.25) is 9.69 Å². The van der Waals surface area contributed by atoms with Crippen LogP contribution >= 0.6 is 0 Å². The minimum atomic E-state index is -0.650. The highest BCUT2D eigenvalue weighted by Gasteiger charge is 2.38. The number of hydrogen-bond acceptors (Lipinski definition) is 5. The number of aromatic nitrogens is 2. The molecule has 2 heterocycles. The third-order valence-corrected chi connectivity index (χ3v) is 6.02. The van der Waals surface area contributed by atoms with E-state index in [4.69, 9.17) is 9.47 Å². The molecule has 0 radical (unpaired) electrons. The number of amides is 3. The van der Waals surface area contributed by atoms with E-state index < -0.39 is 18.2 Å². The molecule has 178 valence electrons. The third-order valence-electron chi connectivity index (χ3n) is 6.02. The predicted octanol–water partition coefficient (Wildman–Crippen LogP) is 4.23. The Morgan fingerprint density at radius 3 is 2.54 bits per heavy atom. The van der Waals surface area contributed by atoms with E-state index in [0.717, 1.165) is 22.2 Å². The highest BCUT2D eigenvalue weighted by molar-refractivity contribution is 6.02. The fourth-order valence-electron chi connectivity index (χ4n) is 4.26. The molecule has 1 aromatic heterocycles. The van der Waals surface area contributed by atoms with E-state index in [9.17, 15) is 14.0 Å². The lowest BCUT2D eigenvalue weighted by Crippen LogP contribution is -2.43. The van der Waals surface area contributed by atoms with E-state index in [-0.39, 0.29) is 18.3 Å². The number of rotatable bonds is 7. The van der Waals surface area contributed by atoms with Gasteiger partial charge >= 0.3 is 6.03 Å². The van der Waals surface area contributed by atoms with Gasteiger partial charge in [0.1, 0.15) is 23.4 Å². The molecule has 5 rings (SSSR count). The first-order valence-electron chi connectivity index (χ1n) is 11.1. The Bertz CT molecular complexity index is 1390. The smallest absolute Gasteiger partial charge is 0.324 e. The number of nitrogens with one attached hydrogen (secondary N) is 1. The molecule has 2 atom stereocenters. The van der Waals surface area contributed by atoms with Gasteiger partial charge in [0, 0.05) is 5.39 Å². The van der Waals surface area contributed by atoms with E-state index in [0.29, 0.717) is 11.5 Å². The van der Waals surface area contributed by atoms with Crippen LogP contribution in [0.25, 0.3) is 16.6 Å². The van der Waals surface area contributed by atoms with Gasteiger partial charge in [0.15, 0.2) is 0 Å². The molecule has 8 nitrogen and oxygen atoms in total. The molecule has 4 aromatic rings. The number of benzene rings is 3. The molecule has 35 heavy (non-hydrogen) atoms. The van der Waals surface area contributed by atoms with Crippen LogP contribution < -0.4 is 14.8 Å². The Morgan fingerprint density at radius 2 is 1.83 bits per heavy atom. The van der Waals surface area contributed by atoms with Crippen LogP contribution in [-0.2, 0) is 4.79 Å². The first kappa shape index (κ1) is 22.4. The van der Waals surface area contributed by atoms with E-state index in [2.05, 4.69) is 10.4 Å². The normalized spacial score (nSPS) is 15.2. The fraction of sp³-hybridized carbons (Fsp3) is 0.192. The summed E-state index contributed by atoms with van der Waals surface area (Å²) in [6, 6.07) is 17.9. The van der Waals surface area contributed by atoms with Gasteiger partial charge in [0.05, 0.1) is 37.1 Å². The van der Waals surface area contributed by atoms with Gasteiger partial charge in [-0.2, -0.15) is 5.10 Å². The summed E-state index contributed by atoms with van der Waals surface area (Å²) in [5.74, 6) is 0.554. The number of methoxy groups -OCH3 is 1. The predicted molar refractivity (Wildman–Crippen MR) is 127 cm³/mol. The SMILES string of the molecule is COc1cccc([C@H](Oc2ccc3c(cnn3-c3ccc(F)cc3)c2)[C@H](C)N2C(=O)CNC2=O)c1. The van der Waals surface area contributed by atoms with Crippen molar-refractivity contribution in [2.24, 2.45) is 0 Å². The van der Waals surface area contributed by atoms with Crippen LogP contribution in [0.3, 0.4) is 0 Å². The number of imide groups is 1. The molecule has 0 spiro atoms. The molecule has 1 N–H and O–H groups in total. The zero-order chi connectivity index (χ0) is 24.5. The van der Waals surface area contributed by atoms with Crippen molar-refractivity contribution in [2.75, 3.05) is 13.7 Å². The van der Waals surface area contributed by atoms with E-state index in [1.807, 2.05) is 36.4 Å². The molecule has 1 saturated heterocycles. The lowest BCUT2D eigenvalue weighted by Gasteiger charge is -2.30. The fourth-order valence-corrected chi connectivity index (χ4v) is 4.26. The van der Waals surface area contributed by atoms with Crippen LogP contribution in [0, 0.1) is 5.82 Å². The van der Waals surface area contributed by atoms with E-state index >= 15 is 0 Å². The van der Waals surface area contributed by atoms with Crippen molar-refractivity contribution in [1.82, 2.24) is 20.0 Å². The van der Waals surface area contributed by atoms with Gasteiger partial charge in [-0.05, 0) is 67.1 Å². The topological polar surface area (TPSA) is 85.7 Å². The molecule has 1 aliphatic heterocycles. The lowest BCUT2D eigenvalue weighted by molar-refractivity contribution is -0.127. The van der Waals surface area contributed by atoms with Crippen LogP contribution in [-0.4, -0.2) is 46.3 Å². The summed E-state index contributed by atoms with van der Waals surface area (Å²) in [6.07, 6.45) is 1.05. The summed E-state index contributed by atoms with van der Waals surface area (Å²) in [7, 11) is 1.57. The number of halogens is 1. The molecule has 3 aromatic carbocycles. The van der Waals surface area contributed by atoms with E-state index in [1.54, 1.807) is 43.1 Å². The maximum absolute atomic E-state index is 13.3. The van der Waals surface area contributed by atoms with Crippen LogP contribution in [0.1, 0.15) is 18.6 Å². The Balaban J connectivity index is 1.49. The van der Waals surface area contributed by atoms with Gasteiger partial charge < -0.3 is 14.8 Å². The van der Waals surface area contributed by atoms with Gasteiger partial charge in [-0.1, -0.05) is 12.1 Å². The van der Waals surface area contributed by atoms with Crippen molar-refractivity contribution >= 4 is 22.8 Å². The van der Waals surface area contributed by atoms with Crippen LogP contribution in [0.15, 0.2) is 72.9 Å². The number of ether oxygens (including phenoxy) is 2. The van der Waals surface area contributed by atoms with Crippen molar-refractivity contribution in [3.63, 3.8) is 0 Å². The zero-order valence-corrected chi connectivity index (χ0v) is 19.1. The minimum absolute atomic E-state index is 0.0392. The van der Waals surface area contributed by atoms with Gasteiger partial charge in [0.25, 0.3) is 0 Å². The minimum Gasteiger partial charge on any atom is -0.497 e. The Morgan fingerprint density at radius 1 is 1.03 bits per heavy atom. The summed E-state index contributed by atoms with van der Waals surface area (Å²) >= 11 is 0. The maximum atomic E-state index is 13.3. The lowest BCUT2D eigenvalue weighted by atomic mass is 10.0. The first-order chi connectivity index (χ1) is 16.9. The van der Waals surface area contributed by atoms with Gasteiger partial charge in [-0.15, -0.1) is 0 Å². The van der Waals surface area contributed by atoms with Crippen LogP contribution in [0.4, 0.5) is 9.18 Å². The second-order valence-electron chi connectivity index (χ2n) is 8.23. The summed E-state index contributed by atoms with van der Waals surface area (Å²) in [5, 5.41) is 7.81. The van der Waals surface area contributed by atoms with Crippen molar-refractivity contribution < 1.29 is 23.5 Å². The number of nitrogens with zero attached hydrogens (tertiary/aromatic N) is 3. The molecule has 0 bridgehead atoms. The Kier molecular flexibility index (Phi) is 5.82. The molecule has 0 unspecified atom stereocenters. The first-order valence-corrected chi connectivity index (χ1v) is 11.1. The number of fused-ring (bicyclic) bond motifs is 1. The van der Waals surface area contributed by atoms with Crippen molar-refractivity contribution in [1.29, 1.82) is 0 Å². The number of hydrogen-bond donors (Lipinski definition) is 1. The van der Waals surface area contributed by atoms with Crippen LogP contribution in [0.2, 0.25) is 0 Å². The average molecular weight is 474 g/mol. The number of urea groups is 1. The molecular weight excluding hydrogens is 451 g/mol. The largest absolute Gasteiger partial charge is 0.497 e. The quantitative estimate of drug-likeness (QED) is 0.405. The van der Waals surface area contributed by atoms with E-state index in [1.165, 1.54) is 17.0 Å². The molecule has 1 aliphatic rings. The molecule has 9 heteroatoms. The highest BCUT2D eigenvalue weighted by atomic mass is 19.1. The zero-order valence-electron chi connectivity index (χ0n) is 19.1. The average Bonchev–Trinajstić information content (AvgIpc) is 3.44. The second-order valence-corrected chi connectivity index (χ2v) is 8.23. The Labute approximate surface area is 200 Å². The highest BCUT2D eigenvalue weighted by Crippen LogP contribution is 2.32. The summed E-state index contributed by atoms with van der Waals surface area (Å²) in [4.78, 5) is 25.9. The molecule has 0 aliphatic carbocycles. The molecular formula is C26H23FN4O4. The standard InChI is InChI=1S/C26H23FN4O4/c1-16(30-24(32)15-28-26(30)33)25(17-4-3-5-21(12-17)34-2)35-22-10-11-23-18(13-22)14-29-31(23)20-8-6-19(27)7-9-20/h3-14,16,25H,15H2,1-2H3,(H,28,33)/t16-,25+/m0/s1. The van der Waals surface area contributed by atoms with Crippen LogP contribution in [0.5, 0.6) is 11.5 Å². The van der Waals surface area contributed by atoms with Crippen molar-refractivity contribution in [3.05, 3.63) is 84.3 Å². The summed E-state index contributed by atoms with van der Waals surface area (Å²) in [5.41, 5.74) is 2.31. The number of carbonyl (C=O) groups is 2. The van der Waals surface area contributed by atoms with Gasteiger partial charge in [0.2, 0.25) is 5.91 Å². The summed E-state index contributed by atoms with van der Waals surface area (Å²) in [6.45, 7) is 1.74. The Hall–Kier alpha value is -4.40. The molecule has 1 fully saturated rings. The monoisotopic (exact) mass is 474 g/mol. The summed E-state index contributed by atoms with van der Waals surface area (Å²) < 4.78 is 26.8. The van der Waals surface area contributed by atoms with Crippen molar-refractivity contribution in [3.8, 4) is 17.2 Å². The molecule has 3 amide bonds. The third kappa shape index (κ3) is 4.28. The maximum Gasteiger partial charge on any atom is 0.324 e. The second kappa shape index (κ2) is 9.09. The van der Waals surface area contributed by atoms with Crippen molar-refractivity contribution in [2.45, 2.75) is 19.1 Å².